The number of fused-ring (bicyclic) bond motifs is 1. The van der Waals surface area contributed by atoms with Gasteiger partial charge in [-0.3, -0.25) is 4.79 Å². The van der Waals surface area contributed by atoms with Gasteiger partial charge in [0.05, 0.1) is 29.7 Å². The fourth-order valence-electron chi connectivity index (χ4n) is 4.07. The van der Waals surface area contributed by atoms with Crippen molar-refractivity contribution in [3.63, 3.8) is 0 Å². The van der Waals surface area contributed by atoms with E-state index in [1.54, 1.807) is 42.2 Å². The molecule has 1 heterocycles. The summed E-state index contributed by atoms with van der Waals surface area (Å²) in [5.41, 5.74) is 0.618. The van der Waals surface area contributed by atoms with Gasteiger partial charge in [0.1, 0.15) is 11.9 Å². The third-order valence-corrected chi connectivity index (χ3v) is 8.07. The third kappa shape index (κ3) is 6.79. The maximum absolute atomic E-state index is 13.5. The van der Waals surface area contributed by atoms with Crippen molar-refractivity contribution in [2.75, 3.05) is 32.1 Å². The van der Waals surface area contributed by atoms with Crippen molar-refractivity contribution in [2.45, 2.75) is 50.8 Å². The van der Waals surface area contributed by atoms with Crippen molar-refractivity contribution >= 4 is 27.6 Å². The Morgan fingerprint density at radius 2 is 1.86 bits per heavy atom. The highest BCUT2D eigenvalue weighted by atomic mass is 32.2. The molecule has 0 aromatic heterocycles. The molecule has 37 heavy (non-hydrogen) atoms. The summed E-state index contributed by atoms with van der Waals surface area (Å²) in [7, 11) is -2.26. The minimum absolute atomic E-state index is 0.0458. The predicted molar refractivity (Wildman–Crippen MR) is 141 cm³/mol. The number of carbonyl (C=O) groups excluding carboxylic acids is 2. The van der Waals surface area contributed by atoms with Crippen LogP contribution < -0.4 is 15.4 Å². The van der Waals surface area contributed by atoms with E-state index < -0.39 is 28.2 Å². The van der Waals surface area contributed by atoms with Gasteiger partial charge in [-0.2, -0.15) is 4.31 Å². The molecule has 3 N–H and O–H groups in total. The van der Waals surface area contributed by atoms with Crippen LogP contribution in [0.2, 0.25) is 0 Å². The first-order valence-electron chi connectivity index (χ1n) is 12.3. The molecule has 11 heteroatoms. The van der Waals surface area contributed by atoms with Gasteiger partial charge < -0.3 is 25.4 Å². The van der Waals surface area contributed by atoms with E-state index in [1.807, 2.05) is 20.8 Å². The molecule has 0 fully saturated rings. The van der Waals surface area contributed by atoms with Crippen LogP contribution in [0.15, 0.2) is 53.4 Å². The first kappa shape index (κ1) is 28.4. The van der Waals surface area contributed by atoms with Crippen LogP contribution in [-0.2, 0) is 10.0 Å². The topological polar surface area (TPSA) is 128 Å². The van der Waals surface area contributed by atoms with Crippen LogP contribution >= 0.6 is 0 Å². The Labute approximate surface area is 218 Å². The standard InChI is InChI=1S/C26H36N4O6S/c1-17(2)27-26(33)28-20-11-12-23-22(13-20)25(32)30(19(4)16-31)14-18(3)24(36-23)15-29(5)37(34,35)21-9-7-6-8-10-21/h6-13,17-19,24,31H,14-16H2,1-5H3,(H2,27,28,33)/t18-,19-,24+/m0/s1. The van der Waals surface area contributed by atoms with E-state index in [9.17, 15) is 23.1 Å². The highest BCUT2D eigenvalue weighted by Gasteiger charge is 2.35. The van der Waals surface area contributed by atoms with Crippen molar-refractivity contribution in [1.29, 1.82) is 0 Å². The number of benzene rings is 2. The lowest BCUT2D eigenvalue weighted by atomic mass is 9.99. The molecule has 3 rings (SSSR count). The first-order chi connectivity index (χ1) is 17.4. The van der Waals surface area contributed by atoms with Crippen molar-refractivity contribution < 1.29 is 27.9 Å². The molecular weight excluding hydrogens is 496 g/mol. The molecule has 0 spiro atoms. The van der Waals surface area contributed by atoms with Crippen LogP contribution in [0.25, 0.3) is 0 Å². The van der Waals surface area contributed by atoms with Gasteiger partial charge in [0.25, 0.3) is 5.91 Å². The molecule has 3 atom stereocenters. The average molecular weight is 533 g/mol. The van der Waals surface area contributed by atoms with E-state index in [-0.39, 0.29) is 53.8 Å². The van der Waals surface area contributed by atoms with E-state index in [4.69, 9.17) is 4.74 Å². The average Bonchev–Trinajstić information content (AvgIpc) is 2.85. The Balaban J connectivity index is 1.95. The lowest BCUT2D eigenvalue weighted by Crippen LogP contribution is -2.50. The van der Waals surface area contributed by atoms with Crippen molar-refractivity contribution in [3.8, 4) is 5.75 Å². The number of hydrogen-bond donors (Lipinski definition) is 3. The SMILES string of the molecule is CC(C)NC(=O)Nc1ccc2c(c1)C(=O)N([C@@H](C)CO)C[C@H](C)[C@@H](CN(C)S(=O)(=O)c1ccccc1)O2. The first-order valence-corrected chi connectivity index (χ1v) is 13.7. The van der Waals surface area contributed by atoms with Gasteiger partial charge in [-0.1, -0.05) is 25.1 Å². The maximum atomic E-state index is 13.5. The summed E-state index contributed by atoms with van der Waals surface area (Å²) in [4.78, 5) is 27.5. The zero-order valence-electron chi connectivity index (χ0n) is 21.8. The lowest BCUT2D eigenvalue weighted by Gasteiger charge is -2.38. The maximum Gasteiger partial charge on any atom is 0.319 e. The van der Waals surface area contributed by atoms with Crippen LogP contribution in [-0.4, -0.2) is 79.6 Å². The molecule has 0 aliphatic carbocycles. The fraction of sp³-hybridized carbons (Fsp3) is 0.462. The number of aliphatic hydroxyl groups excluding tert-OH is 1. The Morgan fingerprint density at radius 3 is 2.49 bits per heavy atom. The third-order valence-electron chi connectivity index (χ3n) is 6.23. The number of rotatable bonds is 8. The van der Waals surface area contributed by atoms with Gasteiger partial charge >= 0.3 is 6.03 Å². The van der Waals surface area contributed by atoms with Gasteiger partial charge in [-0.05, 0) is 51.1 Å². The number of carbonyl (C=O) groups is 2. The molecule has 1 aliphatic rings. The van der Waals surface area contributed by atoms with E-state index in [1.165, 1.54) is 29.6 Å². The summed E-state index contributed by atoms with van der Waals surface area (Å²) in [6.07, 6.45) is -0.591. The number of urea groups is 1. The second kappa shape index (κ2) is 11.9. The van der Waals surface area contributed by atoms with Crippen LogP contribution in [0.4, 0.5) is 10.5 Å². The number of sulfonamides is 1. The molecule has 0 saturated carbocycles. The lowest BCUT2D eigenvalue weighted by molar-refractivity contribution is 0.0387. The van der Waals surface area contributed by atoms with E-state index >= 15 is 0 Å². The summed E-state index contributed by atoms with van der Waals surface area (Å²) in [6, 6.07) is 12.0. The number of hydrogen-bond acceptors (Lipinski definition) is 6. The minimum Gasteiger partial charge on any atom is -0.488 e. The van der Waals surface area contributed by atoms with Gasteiger partial charge in [0.2, 0.25) is 10.0 Å². The smallest absolute Gasteiger partial charge is 0.319 e. The molecule has 1 aliphatic heterocycles. The van der Waals surface area contributed by atoms with Gasteiger partial charge in [0, 0.05) is 31.2 Å². The quantitative estimate of drug-likeness (QED) is 0.480. The molecular formula is C26H36N4O6S. The molecule has 3 amide bonds. The van der Waals surface area contributed by atoms with Gasteiger partial charge in [-0.25, -0.2) is 13.2 Å². The number of likely N-dealkylation sites (N-methyl/N-ethyl adjacent to an activating group) is 1. The second-order valence-electron chi connectivity index (χ2n) is 9.69. The summed E-state index contributed by atoms with van der Waals surface area (Å²) < 4.78 is 33.8. The molecule has 0 bridgehead atoms. The van der Waals surface area contributed by atoms with Crippen LogP contribution in [0.1, 0.15) is 38.1 Å². The van der Waals surface area contributed by atoms with E-state index in [2.05, 4.69) is 10.6 Å². The Hall–Kier alpha value is -3.15. The Bertz CT molecular complexity index is 1200. The summed E-state index contributed by atoms with van der Waals surface area (Å²) >= 11 is 0. The summed E-state index contributed by atoms with van der Waals surface area (Å²) in [5, 5.41) is 15.3. The normalized spacial score (nSPS) is 19.0. The van der Waals surface area contributed by atoms with E-state index in [0.717, 1.165) is 0 Å². The van der Waals surface area contributed by atoms with Crippen LogP contribution in [0.5, 0.6) is 5.75 Å². The van der Waals surface area contributed by atoms with Crippen LogP contribution in [0.3, 0.4) is 0 Å². The predicted octanol–water partition coefficient (Wildman–Crippen LogP) is 2.76. The fourth-order valence-corrected chi connectivity index (χ4v) is 5.28. The van der Waals surface area contributed by atoms with Crippen molar-refractivity contribution in [3.05, 3.63) is 54.1 Å². The molecule has 0 unspecified atom stereocenters. The van der Waals surface area contributed by atoms with Gasteiger partial charge in [0.15, 0.2) is 0 Å². The van der Waals surface area contributed by atoms with E-state index in [0.29, 0.717) is 5.69 Å². The molecule has 0 saturated heterocycles. The molecule has 202 valence electrons. The number of anilines is 1. The monoisotopic (exact) mass is 532 g/mol. The number of nitrogens with one attached hydrogen (secondary N) is 2. The van der Waals surface area contributed by atoms with Crippen molar-refractivity contribution in [2.24, 2.45) is 5.92 Å². The second-order valence-corrected chi connectivity index (χ2v) is 11.7. The highest BCUT2D eigenvalue weighted by Crippen LogP contribution is 2.31. The van der Waals surface area contributed by atoms with Gasteiger partial charge in [-0.15, -0.1) is 0 Å². The molecule has 0 radical (unpaired) electrons. The van der Waals surface area contributed by atoms with Crippen LogP contribution in [0, 0.1) is 5.92 Å². The highest BCUT2D eigenvalue weighted by molar-refractivity contribution is 7.89. The number of amides is 3. The Kier molecular flexibility index (Phi) is 9.16. The zero-order chi connectivity index (χ0) is 27.3. The molecule has 2 aromatic rings. The molecule has 2 aromatic carbocycles. The minimum atomic E-state index is -3.76. The van der Waals surface area contributed by atoms with Crippen molar-refractivity contribution in [1.82, 2.24) is 14.5 Å². The molecule has 10 nitrogen and oxygen atoms in total. The number of nitrogens with zero attached hydrogens (tertiary/aromatic N) is 2. The Morgan fingerprint density at radius 1 is 1.19 bits per heavy atom. The zero-order valence-corrected chi connectivity index (χ0v) is 22.7. The largest absolute Gasteiger partial charge is 0.488 e. The number of ether oxygens (including phenoxy) is 1. The number of aliphatic hydroxyl groups is 1. The summed E-state index contributed by atoms with van der Waals surface area (Å²) in [6.45, 7) is 7.35. The summed E-state index contributed by atoms with van der Waals surface area (Å²) in [5.74, 6) is -0.328.